The summed E-state index contributed by atoms with van der Waals surface area (Å²) < 4.78 is 27.5. The molecule has 39 heavy (non-hydrogen) atoms. The molecular formula is C29H29N3O7. The van der Waals surface area contributed by atoms with Crippen LogP contribution in [0.25, 0.3) is 22.3 Å². The summed E-state index contributed by atoms with van der Waals surface area (Å²) in [5.74, 6) is 2.50. The lowest BCUT2D eigenvalue weighted by molar-refractivity contribution is 0.0730. The quantitative estimate of drug-likeness (QED) is 0.374. The van der Waals surface area contributed by atoms with Crippen LogP contribution in [0.5, 0.6) is 34.5 Å². The molecule has 0 saturated heterocycles. The van der Waals surface area contributed by atoms with Crippen molar-refractivity contribution >= 4 is 16.8 Å². The maximum atomic E-state index is 14.0. The van der Waals surface area contributed by atoms with Crippen molar-refractivity contribution in [3.8, 4) is 45.9 Å². The van der Waals surface area contributed by atoms with Crippen LogP contribution in [0.2, 0.25) is 0 Å². The van der Waals surface area contributed by atoms with E-state index >= 15 is 0 Å². The van der Waals surface area contributed by atoms with Crippen molar-refractivity contribution in [2.24, 2.45) is 0 Å². The second-order valence-corrected chi connectivity index (χ2v) is 8.93. The fraction of sp³-hybridized carbons (Fsp3) is 0.276. The lowest BCUT2D eigenvalue weighted by Crippen LogP contribution is -2.36. The predicted molar refractivity (Wildman–Crippen MR) is 144 cm³/mol. The van der Waals surface area contributed by atoms with Crippen molar-refractivity contribution in [3.05, 3.63) is 59.3 Å². The van der Waals surface area contributed by atoms with E-state index in [2.05, 4.69) is 0 Å². The summed E-state index contributed by atoms with van der Waals surface area (Å²) in [7, 11) is 7.66. The molecule has 0 aliphatic carbocycles. The molecule has 202 valence electrons. The third-order valence-electron chi connectivity index (χ3n) is 6.86. The number of phenolic OH excluding ortho intramolecular Hbond substituents is 1. The topological polar surface area (TPSA) is 112 Å². The Hall–Kier alpha value is -4.73. The molecule has 0 saturated carbocycles. The van der Waals surface area contributed by atoms with Crippen LogP contribution in [0, 0.1) is 0 Å². The van der Waals surface area contributed by atoms with Gasteiger partial charge in [0.25, 0.3) is 5.91 Å². The highest BCUT2D eigenvalue weighted by molar-refractivity contribution is 6.05. The van der Waals surface area contributed by atoms with Gasteiger partial charge in [-0.3, -0.25) is 4.79 Å². The van der Waals surface area contributed by atoms with Crippen molar-refractivity contribution < 1.29 is 33.6 Å². The lowest BCUT2D eigenvalue weighted by Gasteiger charge is -2.29. The van der Waals surface area contributed by atoms with Crippen LogP contribution in [0.15, 0.2) is 42.5 Å². The van der Waals surface area contributed by atoms with E-state index in [1.807, 2.05) is 6.07 Å². The number of fused-ring (bicyclic) bond motifs is 2. The van der Waals surface area contributed by atoms with E-state index < -0.39 is 0 Å². The average Bonchev–Trinajstić information content (AvgIpc) is 2.98. The Bertz CT molecular complexity index is 1550. The third-order valence-corrected chi connectivity index (χ3v) is 6.86. The number of amides is 1. The molecule has 1 aliphatic heterocycles. The molecule has 10 nitrogen and oxygen atoms in total. The van der Waals surface area contributed by atoms with Crippen LogP contribution < -0.4 is 23.7 Å². The highest BCUT2D eigenvalue weighted by atomic mass is 16.5. The van der Waals surface area contributed by atoms with Crippen LogP contribution in [0.3, 0.4) is 0 Å². The van der Waals surface area contributed by atoms with Crippen molar-refractivity contribution in [1.82, 2.24) is 14.9 Å². The molecule has 0 atom stereocenters. The molecule has 0 unspecified atom stereocenters. The van der Waals surface area contributed by atoms with E-state index in [1.165, 1.54) is 35.5 Å². The summed E-state index contributed by atoms with van der Waals surface area (Å²) in [6.07, 6.45) is 0.535. The SMILES string of the molecule is COc1cc2nc(-c3cc(OC)c(OC)c(OC)c3)nc(C(=O)N3CCc4c(O)cccc4C3)c2cc1OC. The normalized spacial score (nSPS) is 12.6. The Balaban J connectivity index is 1.68. The third kappa shape index (κ3) is 4.58. The summed E-state index contributed by atoms with van der Waals surface area (Å²) in [6, 6.07) is 12.3. The molecule has 3 aromatic carbocycles. The number of methoxy groups -OCH3 is 5. The fourth-order valence-corrected chi connectivity index (χ4v) is 4.87. The highest BCUT2D eigenvalue weighted by Gasteiger charge is 2.28. The van der Waals surface area contributed by atoms with Gasteiger partial charge in [0.2, 0.25) is 5.75 Å². The Morgan fingerprint density at radius 2 is 1.51 bits per heavy atom. The molecule has 10 heteroatoms. The van der Waals surface area contributed by atoms with E-state index in [0.717, 1.165) is 11.1 Å². The van der Waals surface area contributed by atoms with E-state index in [4.69, 9.17) is 33.7 Å². The van der Waals surface area contributed by atoms with Crippen molar-refractivity contribution in [1.29, 1.82) is 0 Å². The smallest absolute Gasteiger partial charge is 0.273 e. The number of nitrogens with zero attached hydrogens (tertiary/aromatic N) is 3. The van der Waals surface area contributed by atoms with Gasteiger partial charge in [0.1, 0.15) is 11.4 Å². The number of carbonyl (C=O) groups is 1. The first kappa shape index (κ1) is 25.9. The van der Waals surface area contributed by atoms with Gasteiger partial charge in [-0.2, -0.15) is 0 Å². The molecule has 4 aromatic rings. The molecule has 1 amide bonds. The first-order chi connectivity index (χ1) is 18.9. The first-order valence-corrected chi connectivity index (χ1v) is 12.3. The van der Waals surface area contributed by atoms with Gasteiger partial charge in [-0.15, -0.1) is 0 Å². The van der Waals surface area contributed by atoms with Crippen LogP contribution in [-0.4, -0.2) is 68.0 Å². The van der Waals surface area contributed by atoms with Gasteiger partial charge in [0, 0.05) is 35.7 Å². The Morgan fingerprint density at radius 1 is 0.846 bits per heavy atom. The number of hydrogen-bond acceptors (Lipinski definition) is 9. The summed E-state index contributed by atoms with van der Waals surface area (Å²) in [6.45, 7) is 0.780. The minimum atomic E-state index is -0.266. The molecule has 0 radical (unpaired) electrons. The molecule has 0 spiro atoms. The Labute approximate surface area is 225 Å². The number of phenols is 1. The molecule has 5 rings (SSSR count). The summed E-state index contributed by atoms with van der Waals surface area (Å²) in [4.78, 5) is 25.3. The number of carbonyl (C=O) groups excluding carboxylic acids is 1. The largest absolute Gasteiger partial charge is 0.508 e. The number of hydrogen-bond donors (Lipinski definition) is 1. The number of aromatic nitrogens is 2. The van der Waals surface area contributed by atoms with Crippen molar-refractivity contribution in [2.75, 3.05) is 42.1 Å². The van der Waals surface area contributed by atoms with Gasteiger partial charge in [-0.05, 0) is 36.2 Å². The molecule has 1 aromatic heterocycles. The fourth-order valence-electron chi connectivity index (χ4n) is 4.87. The monoisotopic (exact) mass is 531 g/mol. The Kier molecular flexibility index (Phi) is 7.02. The molecule has 1 N–H and O–H groups in total. The number of aromatic hydroxyl groups is 1. The van der Waals surface area contributed by atoms with Crippen LogP contribution in [-0.2, 0) is 13.0 Å². The van der Waals surface area contributed by atoms with E-state index in [-0.39, 0.29) is 17.4 Å². The van der Waals surface area contributed by atoms with Gasteiger partial charge in [0.15, 0.2) is 28.8 Å². The van der Waals surface area contributed by atoms with Gasteiger partial charge in [0.05, 0.1) is 41.1 Å². The molecule has 0 fully saturated rings. The molecule has 2 heterocycles. The second-order valence-electron chi connectivity index (χ2n) is 8.93. The Morgan fingerprint density at radius 3 is 2.15 bits per heavy atom. The minimum Gasteiger partial charge on any atom is -0.508 e. The second kappa shape index (κ2) is 10.6. The van der Waals surface area contributed by atoms with Crippen molar-refractivity contribution in [2.45, 2.75) is 13.0 Å². The van der Waals surface area contributed by atoms with Gasteiger partial charge < -0.3 is 33.7 Å². The van der Waals surface area contributed by atoms with Gasteiger partial charge in [-0.25, -0.2) is 9.97 Å². The zero-order valence-electron chi connectivity index (χ0n) is 22.4. The zero-order valence-corrected chi connectivity index (χ0v) is 22.4. The minimum absolute atomic E-state index is 0.216. The van der Waals surface area contributed by atoms with E-state index in [1.54, 1.807) is 41.3 Å². The summed E-state index contributed by atoms with van der Waals surface area (Å²) >= 11 is 0. The molecule has 0 bridgehead atoms. The highest BCUT2D eigenvalue weighted by Crippen LogP contribution is 2.41. The summed E-state index contributed by atoms with van der Waals surface area (Å²) in [5, 5.41) is 10.8. The average molecular weight is 532 g/mol. The van der Waals surface area contributed by atoms with Crippen LogP contribution >= 0.6 is 0 Å². The number of rotatable bonds is 7. The zero-order chi connectivity index (χ0) is 27.7. The first-order valence-electron chi connectivity index (χ1n) is 12.3. The van der Waals surface area contributed by atoms with Gasteiger partial charge >= 0.3 is 0 Å². The molecular weight excluding hydrogens is 502 g/mol. The predicted octanol–water partition coefficient (Wildman–Crippen LogP) is 4.24. The maximum absolute atomic E-state index is 14.0. The number of benzene rings is 3. The van der Waals surface area contributed by atoms with Crippen LogP contribution in [0.4, 0.5) is 0 Å². The van der Waals surface area contributed by atoms with Gasteiger partial charge in [-0.1, -0.05) is 12.1 Å². The maximum Gasteiger partial charge on any atom is 0.273 e. The lowest BCUT2D eigenvalue weighted by atomic mass is 9.98. The summed E-state index contributed by atoms with van der Waals surface area (Å²) in [5.41, 5.74) is 3.05. The van der Waals surface area contributed by atoms with Crippen molar-refractivity contribution in [3.63, 3.8) is 0 Å². The van der Waals surface area contributed by atoms with Crippen LogP contribution in [0.1, 0.15) is 21.6 Å². The number of ether oxygens (including phenoxy) is 5. The van der Waals surface area contributed by atoms with E-state index in [9.17, 15) is 9.90 Å². The molecule has 1 aliphatic rings. The van der Waals surface area contributed by atoms with E-state index in [0.29, 0.717) is 70.5 Å². The standard InChI is InChI=1S/C29H29N3O7/c1-35-22-13-19-20(14-23(22)36-2)30-28(17-11-24(37-3)27(39-5)25(12-17)38-4)31-26(19)29(34)32-10-9-18-16(15-32)7-6-8-21(18)33/h6-8,11-14,33H,9-10,15H2,1-5H3.